The minimum Gasteiger partial charge on any atom is -0.485 e. The summed E-state index contributed by atoms with van der Waals surface area (Å²) in [6.07, 6.45) is 3.51. The Hall–Kier alpha value is -3.68. The van der Waals surface area contributed by atoms with Crippen LogP contribution in [0.4, 0.5) is 0 Å². The Labute approximate surface area is 173 Å². The second-order valence-electron chi connectivity index (χ2n) is 7.30. The fourth-order valence-electron chi connectivity index (χ4n) is 3.32. The first kappa shape index (κ1) is 19.6. The monoisotopic (exact) mass is 405 g/mol. The predicted octanol–water partition coefficient (Wildman–Crippen LogP) is 3.43. The summed E-state index contributed by atoms with van der Waals surface area (Å²) in [5.74, 6) is 0.892. The highest BCUT2D eigenvalue weighted by molar-refractivity contribution is 5.92. The highest BCUT2D eigenvalue weighted by Gasteiger charge is 2.16. The second-order valence-corrected chi connectivity index (χ2v) is 7.30. The van der Waals surface area contributed by atoms with E-state index in [1.54, 1.807) is 18.5 Å². The maximum absolute atomic E-state index is 12.5. The summed E-state index contributed by atoms with van der Waals surface area (Å²) in [7, 11) is 0. The Morgan fingerprint density at radius 1 is 1.27 bits per heavy atom. The number of hydrogen-bond acceptors (Lipinski definition) is 6. The SMILES string of the molecule is Cc1cc(C)n(C[C@H](C)NC(=O)c2cc(COc3cccc4cnccc34)on2)n1. The molecule has 3 heterocycles. The molecule has 0 bridgehead atoms. The Kier molecular flexibility index (Phi) is 5.47. The lowest BCUT2D eigenvalue weighted by Crippen LogP contribution is -2.36. The lowest BCUT2D eigenvalue weighted by atomic mass is 10.1. The third kappa shape index (κ3) is 4.32. The molecule has 0 spiro atoms. The summed E-state index contributed by atoms with van der Waals surface area (Å²) in [4.78, 5) is 16.6. The second kappa shape index (κ2) is 8.36. The van der Waals surface area contributed by atoms with E-state index >= 15 is 0 Å². The van der Waals surface area contributed by atoms with E-state index < -0.39 is 0 Å². The van der Waals surface area contributed by atoms with Crippen molar-refractivity contribution in [2.24, 2.45) is 0 Å². The number of hydrogen-bond donors (Lipinski definition) is 1. The number of nitrogens with zero attached hydrogens (tertiary/aromatic N) is 4. The molecule has 4 aromatic rings. The van der Waals surface area contributed by atoms with Gasteiger partial charge in [-0.3, -0.25) is 14.5 Å². The molecule has 0 aliphatic carbocycles. The number of rotatable bonds is 7. The van der Waals surface area contributed by atoms with Gasteiger partial charge in [0.2, 0.25) is 0 Å². The number of aromatic nitrogens is 4. The highest BCUT2D eigenvalue weighted by atomic mass is 16.5. The van der Waals surface area contributed by atoms with E-state index in [0.717, 1.165) is 27.9 Å². The van der Waals surface area contributed by atoms with Crippen LogP contribution in [0.15, 0.2) is 53.3 Å². The molecule has 1 N–H and O–H groups in total. The molecule has 0 saturated heterocycles. The molecule has 0 saturated carbocycles. The van der Waals surface area contributed by atoms with Crippen LogP contribution in [0.3, 0.4) is 0 Å². The predicted molar refractivity (Wildman–Crippen MR) is 111 cm³/mol. The van der Waals surface area contributed by atoms with Gasteiger partial charge in [0, 0.05) is 41.0 Å². The lowest BCUT2D eigenvalue weighted by molar-refractivity contribution is 0.0926. The molecule has 0 aliphatic rings. The topological polar surface area (TPSA) is 95.1 Å². The van der Waals surface area contributed by atoms with E-state index in [-0.39, 0.29) is 24.2 Å². The summed E-state index contributed by atoms with van der Waals surface area (Å²) in [5.41, 5.74) is 2.23. The average molecular weight is 405 g/mol. The number of ether oxygens (including phenoxy) is 1. The fraction of sp³-hybridized carbons (Fsp3) is 0.273. The van der Waals surface area contributed by atoms with Gasteiger partial charge in [-0.05, 0) is 39.0 Å². The summed E-state index contributed by atoms with van der Waals surface area (Å²) in [6, 6.07) is 11.1. The largest absolute Gasteiger partial charge is 0.485 e. The van der Waals surface area contributed by atoms with Gasteiger partial charge in [-0.1, -0.05) is 17.3 Å². The van der Waals surface area contributed by atoms with Crippen LogP contribution < -0.4 is 10.1 Å². The van der Waals surface area contributed by atoms with Crippen molar-refractivity contribution in [1.29, 1.82) is 0 Å². The van der Waals surface area contributed by atoms with E-state index in [2.05, 4.69) is 20.6 Å². The molecule has 154 valence electrons. The van der Waals surface area contributed by atoms with Gasteiger partial charge in [-0.25, -0.2) is 0 Å². The van der Waals surface area contributed by atoms with E-state index in [4.69, 9.17) is 9.26 Å². The number of pyridine rings is 1. The van der Waals surface area contributed by atoms with Crippen LogP contribution in [0.2, 0.25) is 0 Å². The maximum atomic E-state index is 12.5. The maximum Gasteiger partial charge on any atom is 0.273 e. The summed E-state index contributed by atoms with van der Waals surface area (Å²) >= 11 is 0. The van der Waals surface area contributed by atoms with Gasteiger partial charge in [0.25, 0.3) is 5.91 Å². The van der Waals surface area contributed by atoms with Gasteiger partial charge < -0.3 is 14.6 Å². The van der Waals surface area contributed by atoms with E-state index in [1.165, 1.54) is 0 Å². The van der Waals surface area contributed by atoms with E-state index in [9.17, 15) is 4.79 Å². The van der Waals surface area contributed by atoms with E-state index in [1.807, 2.05) is 55.8 Å². The van der Waals surface area contributed by atoms with Crippen LogP contribution in [0, 0.1) is 13.8 Å². The molecule has 1 amide bonds. The fourth-order valence-corrected chi connectivity index (χ4v) is 3.32. The zero-order valence-electron chi connectivity index (χ0n) is 17.1. The first-order valence-corrected chi connectivity index (χ1v) is 9.72. The molecule has 4 rings (SSSR count). The molecule has 0 fully saturated rings. The third-order valence-corrected chi connectivity index (χ3v) is 4.73. The zero-order chi connectivity index (χ0) is 21.1. The Bertz CT molecular complexity index is 1180. The summed E-state index contributed by atoms with van der Waals surface area (Å²) in [6.45, 7) is 6.61. The van der Waals surface area contributed by atoms with Crippen LogP contribution in [0.5, 0.6) is 5.75 Å². The molecule has 8 nitrogen and oxygen atoms in total. The first-order valence-electron chi connectivity index (χ1n) is 9.72. The van der Waals surface area contributed by atoms with E-state index in [0.29, 0.717) is 12.3 Å². The minimum absolute atomic E-state index is 0.115. The van der Waals surface area contributed by atoms with Crippen molar-refractivity contribution in [3.63, 3.8) is 0 Å². The van der Waals surface area contributed by atoms with Crippen LogP contribution in [0.1, 0.15) is 34.6 Å². The summed E-state index contributed by atoms with van der Waals surface area (Å²) in [5, 5.41) is 13.2. The Morgan fingerprint density at radius 2 is 2.13 bits per heavy atom. The number of aryl methyl sites for hydroxylation is 2. The highest BCUT2D eigenvalue weighted by Crippen LogP contribution is 2.25. The quantitative estimate of drug-likeness (QED) is 0.506. The molecule has 1 atom stereocenters. The number of carbonyl (C=O) groups is 1. The van der Waals surface area contributed by atoms with Crippen LogP contribution in [-0.2, 0) is 13.2 Å². The van der Waals surface area contributed by atoms with Crippen LogP contribution >= 0.6 is 0 Å². The molecular weight excluding hydrogens is 382 g/mol. The van der Waals surface area contributed by atoms with Crippen molar-refractivity contribution in [2.45, 2.75) is 40.0 Å². The number of nitrogens with one attached hydrogen (secondary N) is 1. The normalized spacial score (nSPS) is 12.1. The average Bonchev–Trinajstić information content (AvgIpc) is 3.32. The van der Waals surface area contributed by atoms with Crippen molar-refractivity contribution >= 4 is 16.7 Å². The lowest BCUT2D eigenvalue weighted by Gasteiger charge is -2.14. The Morgan fingerprint density at radius 3 is 2.93 bits per heavy atom. The molecule has 0 aliphatic heterocycles. The van der Waals surface area contributed by atoms with Gasteiger partial charge in [0.15, 0.2) is 11.5 Å². The van der Waals surface area contributed by atoms with Gasteiger partial charge in [-0.15, -0.1) is 0 Å². The van der Waals surface area contributed by atoms with Crippen molar-refractivity contribution in [3.8, 4) is 5.75 Å². The van der Waals surface area contributed by atoms with Gasteiger partial charge >= 0.3 is 0 Å². The standard InChI is InChI=1S/C22H23N5O3/c1-14-9-16(3)27(25-14)12-15(2)24-22(28)20-10-18(30-26-20)13-29-21-6-4-5-17-11-23-8-7-19(17)21/h4-11,15H,12-13H2,1-3H3,(H,24,28)/t15-/m0/s1. The number of fused-ring (bicyclic) bond motifs is 1. The molecule has 8 heteroatoms. The molecule has 1 aromatic carbocycles. The zero-order valence-corrected chi connectivity index (χ0v) is 17.1. The van der Waals surface area contributed by atoms with Crippen molar-refractivity contribution < 1.29 is 14.1 Å². The summed E-state index contributed by atoms with van der Waals surface area (Å²) < 4.78 is 13.0. The first-order chi connectivity index (χ1) is 14.5. The smallest absolute Gasteiger partial charge is 0.273 e. The molecular formula is C22H23N5O3. The molecule has 3 aromatic heterocycles. The molecule has 0 radical (unpaired) electrons. The molecule has 30 heavy (non-hydrogen) atoms. The minimum atomic E-state index is -0.296. The third-order valence-electron chi connectivity index (χ3n) is 4.73. The Balaban J connectivity index is 1.36. The van der Waals surface area contributed by atoms with Crippen LogP contribution in [0.25, 0.3) is 10.8 Å². The van der Waals surface area contributed by atoms with Crippen molar-refractivity contribution in [2.75, 3.05) is 0 Å². The number of amides is 1. The van der Waals surface area contributed by atoms with Gasteiger partial charge in [0.05, 0.1) is 12.2 Å². The molecule has 0 unspecified atom stereocenters. The van der Waals surface area contributed by atoms with Crippen molar-refractivity contribution in [1.82, 2.24) is 25.2 Å². The number of benzene rings is 1. The van der Waals surface area contributed by atoms with Crippen molar-refractivity contribution in [3.05, 3.63) is 71.6 Å². The number of carbonyl (C=O) groups excluding carboxylic acids is 1. The van der Waals surface area contributed by atoms with Gasteiger partial charge in [-0.2, -0.15) is 5.10 Å². The van der Waals surface area contributed by atoms with Crippen LogP contribution in [-0.4, -0.2) is 31.9 Å². The van der Waals surface area contributed by atoms with Gasteiger partial charge in [0.1, 0.15) is 12.4 Å².